The van der Waals surface area contributed by atoms with Gasteiger partial charge in [-0.25, -0.2) is 9.67 Å². The van der Waals surface area contributed by atoms with Crippen molar-refractivity contribution >= 4 is 28.7 Å². The number of rotatable bonds is 6. The van der Waals surface area contributed by atoms with Crippen molar-refractivity contribution in [1.29, 1.82) is 0 Å². The minimum absolute atomic E-state index is 0.0807. The number of nitro groups is 1. The number of thiazole rings is 1. The van der Waals surface area contributed by atoms with Gasteiger partial charge in [0.15, 0.2) is 0 Å². The molecule has 0 saturated carbocycles. The quantitative estimate of drug-likeness (QED) is 0.250. The molecule has 0 unspecified atom stereocenters. The average Bonchev–Trinajstić information content (AvgIpc) is 3.52. The number of carbonyl (C=O) groups excluding carboxylic acids is 1. The monoisotopic (exact) mass is 467 g/mol. The van der Waals surface area contributed by atoms with Gasteiger partial charge in [-0.1, -0.05) is 48.5 Å². The molecule has 0 aliphatic rings. The molecule has 2 aromatic heterocycles. The fraction of sp³-hybridized carbons (Fsp3) is 0. The number of anilines is 1. The number of nitrogens with zero attached hydrogens (tertiary/aromatic N) is 4. The van der Waals surface area contributed by atoms with E-state index in [0.717, 1.165) is 16.9 Å². The lowest BCUT2D eigenvalue weighted by Gasteiger charge is -2.11. The van der Waals surface area contributed by atoms with Gasteiger partial charge in [-0.05, 0) is 24.3 Å². The molecule has 9 heteroatoms. The second kappa shape index (κ2) is 9.08. The van der Waals surface area contributed by atoms with E-state index >= 15 is 0 Å². The third-order valence-corrected chi connectivity index (χ3v) is 6.02. The Kier molecular flexibility index (Phi) is 5.67. The van der Waals surface area contributed by atoms with Crippen molar-refractivity contribution in [2.45, 2.75) is 0 Å². The summed E-state index contributed by atoms with van der Waals surface area (Å²) in [4.78, 5) is 28.2. The zero-order valence-electron chi connectivity index (χ0n) is 17.7. The highest BCUT2D eigenvalue weighted by molar-refractivity contribution is 7.13. The van der Waals surface area contributed by atoms with Crippen LogP contribution in [0.3, 0.4) is 0 Å². The van der Waals surface area contributed by atoms with E-state index in [1.807, 2.05) is 66.0 Å². The SMILES string of the molecule is O=C(Nc1c(-c2nc(-c3ccccc3)cs2)cnn1-c1ccccc1)c1ccc([N+](=O)[O-])cc1. The van der Waals surface area contributed by atoms with Gasteiger partial charge in [0.25, 0.3) is 11.6 Å². The minimum atomic E-state index is -0.503. The van der Waals surface area contributed by atoms with E-state index in [9.17, 15) is 14.9 Å². The molecule has 1 amide bonds. The smallest absolute Gasteiger partial charge is 0.269 e. The Balaban J connectivity index is 1.53. The fourth-order valence-electron chi connectivity index (χ4n) is 3.44. The number of hydrogen-bond acceptors (Lipinski definition) is 6. The Morgan fingerprint density at radius 3 is 2.29 bits per heavy atom. The summed E-state index contributed by atoms with van der Waals surface area (Å²) in [6, 6.07) is 24.7. The average molecular weight is 468 g/mol. The first-order valence-corrected chi connectivity index (χ1v) is 11.2. The maximum absolute atomic E-state index is 13.0. The summed E-state index contributed by atoms with van der Waals surface area (Å²) in [5.74, 6) is 0.0529. The lowest BCUT2D eigenvalue weighted by Crippen LogP contribution is -2.15. The number of carbonyl (C=O) groups is 1. The van der Waals surface area contributed by atoms with Crippen LogP contribution in [-0.4, -0.2) is 25.6 Å². The van der Waals surface area contributed by atoms with E-state index in [-0.39, 0.29) is 5.69 Å². The van der Waals surface area contributed by atoms with Crippen LogP contribution < -0.4 is 5.32 Å². The van der Waals surface area contributed by atoms with E-state index in [2.05, 4.69) is 10.4 Å². The summed E-state index contributed by atoms with van der Waals surface area (Å²) in [7, 11) is 0. The first kappa shape index (κ1) is 21.2. The Hall–Kier alpha value is -4.63. The normalized spacial score (nSPS) is 10.7. The summed E-state index contributed by atoms with van der Waals surface area (Å²) in [5.41, 5.74) is 3.49. The molecule has 1 N–H and O–H groups in total. The van der Waals surface area contributed by atoms with Crippen LogP contribution in [0.5, 0.6) is 0 Å². The van der Waals surface area contributed by atoms with E-state index in [0.29, 0.717) is 22.0 Å². The summed E-state index contributed by atoms with van der Waals surface area (Å²) < 4.78 is 1.64. The molecule has 0 atom stereocenters. The number of hydrogen-bond donors (Lipinski definition) is 1. The zero-order chi connectivity index (χ0) is 23.5. The lowest BCUT2D eigenvalue weighted by atomic mass is 10.2. The van der Waals surface area contributed by atoms with Crippen LogP contribution in [0.4, 0.5) is 11.5 Å². The van der Waals surface area contributed by atoms with Crippen LogP contribution in [0.25, 0.3) is 27.5 Å². The van der Waals surface area contributed by atoms with Gasteiger partial charge >= 0.3 is 0 Å². The maximum atomic E-state index is 13.0. The molecule has 0 aliphatic carbocycles. The summed E-state index contributed by atoms with van der Waals surface area (Å²) in [6.07, 6.45) is 1.67. The highest BCUT2D eigenvalue weighted by Gasteiger charge is 2.20. The largest absolute Gasteiger partial charge is 0.306 e. The van der Waals surface area contributed by atoms with Gasteiger partial charge in [-0.3, -0.25) is 14.9 Å². The first-order chi connectivity index (χ1) is 16.6. The van der Waals surface area contributed by atoms with Crippen molar-refractivity contribution < 1.29 is 9.72 Å². The second-order valence-electron chi connectivity index (χ2n) is 7.32. The zero-order valence-corrected chi connectivity index (χ0v) is 18.5. The van der Waals surface area contributed by atoms with Gasteiger partial charge in [0, 0.05) is 28.6 Å². The van der Waals surface area contributed by atoms with Crippen LogP contribution in [0, 0.1) is 10.1 Å². The number of nitrogens with one attached hydrogen (secondary N) is 1. The van der Waals surface area contributed by atoms with Crippen LogP contribution in [0.2, 0.25) is 0 Å². The van der Waals surface area contributed by atoms with Gasteiger partial charge in [0.05, 0.1) is 28.1 Å². The van der Waals surface area contributed by atoms with Crippen LogP contribution >= 0.6 is 11.3 Å². The highest BCUT2D eigenvalue weighted by atomic mass is 32.1. The van der Waals surface area contributed by atoms with E-state index in [1.165, 1.54) is 35.6 Å². The molecule has 8 nitrogen and oxygen atoms in total. The molecule has 5 rings (SSSR count). The molecular weight excluding hydrogens is 450 g/mol. The Morgan fingerprint density at radius 1 is 0.941 bits per heavy atom. The van der Waals surface area contributed by atoms with Crippen LogP contribution in [0.1, 0.15) is 10.4 Å². The third kappa shape index (κ3) is 4.19. The molecule has 0 aliphatic heterocycles. The van der Waals surface area contributed by atoms with Gasteiger partial charge in [-0.15, -0.1) is 11.3 Å². The van der Waals surface area contributed by atoms with Crippen molar-refractivity contribution in [2.24, 2.45) is 0 Å². The number of benzene rings is 3. The van der Waals surface area contributed by atoms with Gasteiger partial charge < -0.3 is 5.32 Å². The predicted octanol–water partition coefficient (Wildman–Crippen LogP) is 5.82. The number of para-hydroxylation sites is 1. The molecule has 0 bridgehead atoms. The number of amides is 1. The molecule has 0 spiro atoms. The van der Waals surface area contributed by atoms with Gasteiger partial charge in [0.1, 0.15) is 10.8 Å². The lowest BCUT2D eigenvalue weighted by molar-refractivity contribution is -0.384. The molecule has 34 heavy (non-hydrogen) atoms. The highest BCUT2D eigenvalue weighted by Crippen LogP contribution is 2.35. The van der Waals surface area contributed by atoms with E-state index in [4.69, 9.17) is 4.98 Å². The first-order valence-electron chi connectivity index (χ1n) is 10.3. The van der Waals surface area contributed by atoms with Crippen LogP contribution in [0.15, 0.2) is 96.5 Å². The molecular formula is C25H17N5O3S. The Bertz CT molecular complexity index is 1460. The summed E-state index contributed by atoms with van der Waals surface area (Å²) in [5, 5.41) is 21.0. The standard InChI is InChI=1S/C25H17N5O3S/c31-24(18-11-13-20(14-12-18)30(32)33)28-23-21(15-26-29(23)19-9-5-2-6-10-19)25-27-22(16-34-25)17-7-3-1-4-8-17/h1-16H,(H,28,31). The molecule has 0 fully saturated rings. The van der Waals surface area contributed by atoms with Gasteiger partial charge in [0.2, 0.25) is 0 Å². The van der Waals surface area contributed by atoms with Crippen molar-refractivity contribution in [3.63, 3.8) is 0 Å². The number of aromatic nitrogens is 3. The third-order valence-electron chi connectivity index (χ3n) is 5.15. The molecule has 0 saturated heterocycles. The van der Waals surface area contributed by atoms with Crippen molar-refractivity contribution in [3.05, 3.63) is 112 Å². The van der Waals surface area contributed by atoms with Crippen LogP contribution in [-0.2, 0) is 0 Å². The Labute approximate surface area is 198 Å². The fourth-order valence-corrected chi connectivity index (χ4v) is 4.28. The van der Waals surface area contributed by atoms with E-state index in [1.54, 1.807) is 10.9 Å². The van der Waals surface area contributed by atoms with E-state index < -0.39 is 10.8 Å². The molecule has 5 aromatic rings. The molecule has 3 aromatic carbocycles. The molecule has 2 heterocycles. The second-order valence-corrected chi connectivity index (χ2v) is 8.17. The van der Waals surface area contributed by atoms with Crippen molar-refractivity contribution in [2.75, 3.05) is 5.32 Å². The van der Waals surface area contributed by atoms with Gasteiger partial charge in [-0.2, -0.15) is 5.10 Å². The summed E-state index contributed by atoms with van der Waals surface area (Å²) >= 11 is 1.46. The topological polar surface area (TPSA) is 103 Å². The molecule has 166 valence electrons. The minimum Gasteiger partial charge on any atom is -0.306 e. The number of non-ortho nitro benzene ring substituents is 1. The number of nitro benzene ring substituents is 1. The Morgan fingerprint density at radius 2 is 1.62 bits per heavy atom. The van der Waals surface area contributed by atoms with Crippen molar-refractivity contribution in [3.8, 4) is 27.5 Å². The van der Waals surface area contributed by atoms with Crippen molar-refractivity contribution in [1.82, 2.24) is 14.8 Å². The maximum Gasteiger partial charge on any atom is 0.269 e. The summed E-state index contributed by atoms with van der Waals surface area (Å²) in [6.45, 7) is 0. The predicted molar refractivity (Wildman–Crippen MR) is 131 cm³/mol. The molecule has 0 radical (unpaired) electrons.